The number of nitrogens with one attached hydrogen (secondary N) is 1. The van der Waals surface area contributed by atoms with Gasteiger partial charge in [-0.25, -0.2) is 8.42 Å². The summed E-state index contributed by atoms with van der Waals surface area (Å²) in [4.78, 5) is 21.3. The zero-order chi connectivity index (χ0) is 23.4. The first kappa shape index (κ1) is 22.4. The average Bonchev–Trinajstić information content (AvgIpc) is 2.83. The summed E-state index contributed by atoms with van der Waals surface area (Å²) in [5.41, 5.74) is 5.71. The minimum atomic E-state index is -3.41. The Morgan fingerprint density at radius 1 is 0.879 bits per heavy atom. The number of sulfone groups is 1. The number of hydrogen-bond donors (Lipinski definition) is 1. The number of carbonyl (C=O) groups is 1. The van der Waals surface area contributed by atoms with Crippen LogP contribution in [0.3, 0.4) is 0 Å². The Morgan fingerprint density at radius 2 is 1.61 bits per heavy atom. The fourth-order valence-electron chi connectivity index (χ4n) is 3.58. The molecule has 1 N–H and O–H groups in total. The standard InChI is InChI=1S/C26H23N3O3S/c1-18-8-9-22(15-25(18)33(2,31)32)26(30)29-17-24-14-21(10-12-28-24)19-5-3-6-20(13-19)23-7-4-11-27-16-23/h3-16H,17H2,1-2H3,(H,29,30). The van der Waals surface area contributed by atoms with E-state index >= 15 is 0 Å². The molecule has 0 aliphatic carbocycles. The Hall–Kier alpha value is -3.84. The monoisotopic (exact) mass is 457 g/mol. The molecule has 1 amide bonds. The highest BCUT2D eigenvalue weighted by atomic mass is 32.2. The van der Waals surface area contributed by atoms with Crippen molar-refractivity contribution in [1.82, 2.24) is 15.3 Å². The van der Waals surface area contributed by atoms with Gasteiger partial charge < -0.3 is 5.32 Å². The normalized spacial score (nSPS) is 11.2. The van der Waals surface area contributed by atoms with Crippen LogP contribution in [0.5, 0.6) is 0 Å². The van der Waals surface area contributed by atoms with E-state index in [1.165, 1.54) is 6.07 Å². The van der Waals surface area contributed by atoms with E-state index in [0.29, 0.717) is 16.8 Å². The second-order valence-electron chi connectivity index (χ2n) is 7.79. The average molecular weight is 458 g/mol. The first-order valence-corrected chi connectivity index (χ1v) is 12.2. The Labute approximate surface area is 193 Å². The van der Waals surface area contributed by atoms with E-state index < -0.39 is 9.84 Å². The van der Waals surface area contributed by atoms with E-state index in [2.05, 4.69) is 21.4 Å². The lowest BCUT2D eigenvalue weighted by molar-refractivity contribution is 0.0950. The van der Waals surface area contributed by atoms with Crippen LogP contribution in [-0.4, -0.2) is 30.5 Å². The molecule has 2 heterocycles. The third-order valence-electron chi connectivity index (χ3n) is 5.29. The van der Waals surface area contributed by atoms with Crippen LogP contribution in [-0.2, 0) is 16.4 Å². The molecule has 0 aliphatic rings. The molecule has 0 saturated heterocycles. The first-order valence-electron chi connectivity index (χ1n) is 10.4. The molecule has 2 aromatic heterocycles. The van der Waals surface area contributed by atoms with Crippen LogP contribution in [0.15, 0.2) is 90.2 Å². The number of benzene rings is 2. The molecule has 0 atom stereocenters. The maximum atomic E-state index is 12.6. The highest BCUT2D eigenvalue weighted by molar-refractivity contribution is 7.90. The highest BCUT2D eigenvalue weighted by Crippen LogP contribution is 2.26. The van der Waals surface area contributed by atoms with Crippen LogP contribution >= 0.6 is 0 Å². The minimum absolute atomic E-state index is 0.156. The smallest absolute Gasteiger partial charge is 0.251 e. The molecular formula is C26H23N3O3S. The number of nitrogens with zero attached hydrogens (tertiary/aromatic N) is 2. The van der Waals surface area contributed by atoms with Crippen LogP contribution in [0, 0.1) is 6.92 Å². The van der Waals surface area contributed by atoms with Crippen molar-refractivity contribution in [2.24, 2.45) is 0 Å². The molecule has 7 heteroatoms. The number of rotatable bonds is 6. The Balaban J connectivity index is 1.51. The third-order valence-corrected chi connectivity index (χ3v) is 6.53. The lowest BCUT2D eigenvalue weighted by atomic mass is 10.00. The molecule has 166 valence electrons. The zero-order valence-electron chi connectivity index (χ0n) is 18.3. The third kappa shape index (κ3) is 5.32. The van der Waals surface area contributed by atoms with Gasteiger partial charge in [0.1, 0.15) is 0 Å². The lowest BCUT2D eigenvalue weighted by Gasteiger charge is -2.10. The van der Waals surface area contributed by atoms with Crippen LogP contribution < -0.4 is 5.32 Å². The Morgan fingerprint density at radius 3 is 2.33 bits per heavy atom. The minimum Gasteiger partial charge on any atom is -0.346 e. The molecule has 2 aromatic carbocycles. The summed E-state index contributed by atoms with van der Waals surface area (Å²) in [6.07, 6.45) is 6.42. The van der Waals surface area contributed by atoms with E-state index in [-0.39, 0.29) is 17.3 Å². The van der Waals surface area contributed by atoms with E-state index in [0.717, 1.165) is 28.5 Å². The van der Waals surface area contributed by atoms with Gasteiger partial charge in [0.05, 0.1) is 17.1 Å². The lowest BCUT2D eigenvalue weighted by Crippen LogP contribution is -2.23. The van der Waals surface area contributed by atoms with Gasteiger partial charge in [-0.1, -0.05) is 30.3 Å². The van der Waals surface area contributed by atoms with Crippen LogP contribution in [0.2, 0.25) is 0 Å². The fourth-order valence-corrected chi connectivity index (χ4v) is 4.57. The molecule has 0 aliphatic heterocycles. The number of amides is 1. The molecule has 4 aromatic rings. The van der Waals surface area contributed by atoms with Crippen molar-refractivity contribution < 1.29 is 13.2 Å². The molecule has 0 unspecified atom stereocenters. The van der Waals surface area contributed by atoms with Crippen LogP contribution in [0.25, 0.3) is 22.3 Å². The fraction of sp³-hybridized carbons (Fsp3) is 0.115. The predicted molar refractivity (Wildman–Crippen MR) is 128 cm³/mol. The van der Waals surface area contributed by atoms with Gasteiger partial charge in [-0.2, -0.15) is 0 Å². The van der Waals surface area contributed by atoms with Crippen LogP contribution in [0.1, 0.15) is 21.6 Å². The first-order chi connectivity index (χ1) is 15.8. The van der Waals surface area contributed by atoms with E-state index in [1.54, 1.807) is 31.5 Å². The summed E-state index contributed by atoms with van der Waals surface area (Å²) in [6, 6.07) is 20.6. The summed E-state index contributed by atoms with van der Waals surface area (Å²) in [6.45, 7) is 1.92. The van der Waals surface area contributed by atoms with Crippen molar-refractivity contribution in [3.05, 3.63) is 102 Å². The van der Waals surface area contributed by atoms with Gasteiger partial charge in [-0.3, -0.25) is 14.8 Å². The zero-order valence-corrected chi connectivity index (χ0v) is 19.1. The number of aryl methyl sites for hydroxylation is 1. The van der Waals surface area contributed by atoms with Crippen molar-refractivity contribution in [3.8, 4) is 22.3 Å². The summed E-state index contributed by atoms with van der Waals surface area (Å²) in [7, 11) is -3.41. The molecular weight excluding hydrogens is 434 g/mol. The van der Waals surface area contributed by atoms with Crippen LogP contribution in [0.4, 0.5) is 0 Å². The largest absolute Gasteiger partial charge is 0.346 e. The van der Waals surface area contributed by atoms with Crippen molar-refractivity contribution in [1.29, 1.82) is 0 Å². The summed E-state index contributed by atoms with van der Waals surface area (Å²) in [5.74, 6) is -0.356. The van der Waals surface area contributed by atoms with E-state index in [1.807, 2.05) is 48.7 Å². The number of carbonyl (C=O) groups excluding carboxylic acids is 1. The number of aromatic nitrogens is 2. The quantitative estimate of drug-likeness (QED) is 0.462. The highest BCUT2D eigenvalue weighted by Gasteiger charge is 2.15. The molecule has 0 radical (unpaired) electrons. The molecule has 6 nitrogen and oxygen atoms in total. The van der Waals surface area contributed by atoms with Gasteiger partial charge in [-0.15, -0.1) is 0 Å². The Bertz CT molecular complexity index is 1420. The summed E-state index contributed by atoms with van der Waals surface area (Å²) >= 11 is 0. The number of hydrogen-bond acceptors (Lipinski definition) is 5. The van der Waals surface area contributed by atoms with Crippen molar-refractivity contribution in [2.45, 2.75) is 18.4 Å². The van der Waals surface area contributed by atoms with Gasteiger partial charge >= 0.3 is 0 Å². The summed E-state index contributed by atoms with van der Waals surface area (Å²) in [5, 5.41) is 2.82. The van der Waals surface area contributed by atoms with E-state index in [4.69, 9.17) is 0 Å². The second kappa shape index (κ2) is 9.34. The van der Waals surface area contributed by atoms with Crippen molar-refractivity contribution >= 4 is 15.7 Å². The van der Waals surface area contributed by atoms with Crippen molar-refractivity contribution in [3.63, 3.8) is 0 Å². The second-order valence-corrected chi connectivity index (χ2v) is 9.78. The molecule has 0 saturated carbocycles. The Kier molecular flexibility index (Phi) is 6.33. The molecule has 33 heavy (non-hydrogen) atoms. The number of pyridine rings is 2. The molecule has 4 rings (SSSR count). The van der Waals surface area contributed by atoms with Crippen molar-refractivity contribution in [2.75, 3.05) is 6.26 Å². The van der Waals surface area contributed by atoms with Gasteiger partial charge in [0, 0.05) is 36.0 Å². The summed E-state index contributed by atoms with van der Waals surface area (Å²) < 4.78 is 23.9. The topological polar surface area (TPSA) is 89.0 Å². The predicted octanol–water partition coefficient (Wildman–Crippen LogP) is 4.45. The van der Waals surface area contributed by atoms with E-state index in [9.17, 15) is 13.2 Å². The van der Waals surface area contributed by atoms with Gasteiger partial charge in [-0.05, 0) is 65.6 Å². The molecule has 0 bridgehead atoms. The molecule has 0 fully saturated rings. The van der Waals surface area contributed by atoms with Gasteiger partial charge in [0.2, 0.25) is 0 Å². The maximum Gasteiger partial charge on any atom is 0.251 e. The molecule has 0 spiro atoms. The SMILES string of the molecule is Cc1ccc(C(=O)NCc2cc(-c3cccc(-c4cccnc4)c3)ccn2)cc1S(C)(=O)=O. The maximum absolute atomic E-state index is 12.6. The van der Waals surface area contributed by atoms with Gasteiger partial charge in [0.15, 0.2) is 9.84 Å². The van der Waals surface area contributed by atoms with Gasteiger partial charge in [0.25, 0.3) is 5.91 Å².